The van der Waals surface area contributed by atoms with E-state index in [0.29, 0.717) is 23.7 Å². The summed E-state index contributed by atoms with van der Waals surface area (Å²) in [4.78, 5) is 31.5. The molecule has 166 valence electrons. The Bertz CT molecular complexity index is 1250. The van der Waals surface area contributed by atoms with Crippen LogP contribution < -0.4 is 10.6 Å². The standard InChI is InChI=1S/C25H25N7O/c1-32(2)13-5-7-24(33)31-23-15-21-22(16-27-23)28-17-29-25(21)30-19-10-8-18(9-11-19)14-20-6-3-4-12-26-20/h3-12,15-17H,13-14H2,1-2H3,(H,27,31,33)(H,28,29,30)/b7-5+. The van der Waals surface area contributed by atoms with Crippen molar-refractivity contribution >= 4 is 34.1 Å². The van der Waals surface area contributed by atoms with Crippen LogP contribution >= 0.6 is 0 Å². The van der Waals surface area contributed by atoms with Gasteiger partial charge in [-0.25, -0.2) is 15.0 Å². The van der Waals surface area contributed by atoms with Crippen molar-refractivity contribution in [1.82, 2.24) is 24.8 Å². The maximum absolute atomic E-state index is 12.2. The van der Waals surface area contributed by atoms with Gasteiger partial charge in [0.15, 0.2) is 0 Å². The molecule has 0 fully saturated rings. The van der Waals surface area contributed by atoms with Crippen LogP contribution in [0.2, 0.25) is 0 Å². The van der Waals surface area contributed by atoms with Crippen LogP contribution in [0.15, 0.2) is 79.4 Å². The molecule has 1 amide bonds. The summed E-state index contributed by atoms with van der Waals surface area (Å²) in [5.74, 6) is 0.836. The van der Waals surface area contributed by atoms with Crippen molar-refractivity contribution in [3.8, 4) is 0 Å². The molecule has 0 bridgehead atoms. The number of anilines is 3. The van der Waals surface area contributed by atoms with E-state index >= 15 is 0 Å². The van der Waals surface area contributed by atoms with Gasteiger partial charge in [0.05, 0.1) is 11.7 Å². The van der Waals surface area contributed by atoms with Crippen molar-refractivity contribution in [3.05, 3.63) is 90.7 Å². The first-order chi connectivity index (χ1) is 16.1. The van der Waals surface area contributed by atoms with Gasteiger partial charge in [0.2, 0.25) is 5.91 Å². The number of aromatic nitrogens is 4. The van der Waals surface area contributed by atoms with Gasteiger partial charge in [-0.1, -0.05) is 24.3 Å². The lowest BCUT2D eigenvalue weighted by Crippen LogP contribution is -2.13. The van der Waals surface area contributed by atoms with Crippen LogP contribution in [0, 0.1) is 0 Å². The zero-order valence-electron chi connectivity index (χ0n) is 18.6. The van der Waals surface area contributed by atoms with E-state index in [9.17, 15) is 4.79 Å². The Kier molecular flexibility index (Phi) is 6.96. The maximum Gasteiger partial charge on any atom is 0.249 e. The van der Waals surface area contributed by atoms with Crippen molar-refractivity contribution in [2.24, 2.45) is 0 Å². The molecule has 0 aliphatic heterocycles. The number of amides is 1. The zero-order valence-corrected chi connectivity index (χ0v) is 18.6. The Labute approximate surface area is 192 Å². The summed E-state index contributed by atoms with van der Waals surface area (Å²) in [7, 11) is 3.88. The Balaban J connectivity index is 1.49. The number of benzene rings is 1. The summed E-state index contributed by atoms with van der Waals surface area (Å²) in [6, 6.07) is 15.8. The van der Waals surface area contributed by atoms with Crippen molar-refractivity contribution < 1.29 is 4.79 Å². The Morgan fingerprint density at radius 3 is 2.64 bits per heavy atom. The number of nitrogens with zero attached hydrogens (tertiary/aromatic N) is 5. The molecule has 0 aliphatic carbocycles. The van der Waals surface area contributed by atoms with E-state index in [1.165, 1.54) is 18.0 Å². The first-order valence-corrected chi connectivity index (χ1v) is 10.6. The first-order valence-electron chi connectivity index (χ1n) is 10.6. The van der Waals surface area contributed by atoms with Crippen LogP contribution in [0.3, 0.4) is 0 Å². The molecule has 3 aromatic heterocycles. The van der Waals surface area contributed by atoms with Gasteiger partial charge in [-0.15, -0.1) is 0 Å². The van der Waals surface area contributed by atoms with E-state index in [1.807, 2.05) is 49.3 Å². The fraction of sp³-hybridized carbons (Fsp3) is 0.160. The quantitative estimate of drug-likeness (QED) is 0.403. The number of nitrogens with one attached hydrogen (secondary N) is 2. The first kappa shape index (κ1) is 22.0. The van der Waals surface area contributed by atoms with Gasteiger partial charge in [-0.05, 0) is 50.0 Å². The second-order valence-corrected chi connectivity index (χ2v) is 7.78. The number of hydrogen-bond donors (Lipinski definition) is 2. The third-order valence-electron chi connectivity index (χ3n) is 4.84. The second kappa shape index (κ2) is 10.4. The largest absolute Gasteiger partial charge is 0.340 e. The fourth-order valence-electron chi connectivity index (χ4n) is 3.22. The van der Waals surface area contributed by atoms with Crippen LogP contribution in [0.1, 0.15) is 11.3 Å². The number of fused-ring (bicyclic) bond motifs is 1. The van der Waals surface area contributed by atoms with Crippen LogP contribution in [0.5, 0.6) is 0 Å². The van der Waals surface area contributed by atoms with Gasteiger partial charge in [-0.2, -0.15) is 0 Å². The molecule has 8 heteroatoms. The number of pyridine rings is 2. The van der Waals surface area contributed by atoms with Crippen LogP contribution in [0.25, 0.3) is 10.9 Å². The lowest BCUT2D eigenvalue weighted by atomic mass is 10.1. The van der Waals surface area contributed by atoms with E-state index in [0.717, 1.165) is 23.2 Å². The van der Waals surface area contributed by atoms with Gasteiger partial charge in [0, 0.05) is 42.0 Å². The van der Waals surface area contributed by atoms with Crippen molar-refractivity contribution in [2.45, 2.75) is 6.42 Å². The fourth-order valence-corrected chi connectivity index (χ4v) is 3.22. The average molecular weight is 440 g/mol. The SMILES string of the molecule is CN(C)C/C=C/C(=O)Nc1cc2c(Nc3ccc(Cc4ccccn4)cc3)ncnc2cn1. The van der Waals surface area contributed by atoms with Gasteiger partial charge in [0.25, 0.3) is 0 Å². The summed E-state index contributed by atoms with van der Waals surface area (Å²) < 4.78 is 0. The predicted molar refractivity (Wildman–Crippen MR) is 130 cm³/mol. The topological polar surface area (TPSA) is 95.9 Å². The molecule has 1 aromatic carbocycles. The smallest absolute Gasteiger partial charge is 0.249 e. The summed E-state index contributed by atoms with van der Waals surface area (Å²) in [6.07, 6.45) is 8.98. The molecule has 0 atom stereocenters. The summed E-state index contributed by atoms with van der Waals surface area (Å²) in [6.45, 7) is 0.682. The molecule has 3 heterocycles. The Morgan fingerprint density at radius 2 is 1.88 bits per heavy atom. The van der Waals surface area contributed by atoms with E-state index in [2.05, 4.69) is 42.7 Å². The minimum atomic E-state index is -0.237. The van der Waals surface area contributed by atoms with E-state index in [1.54, 1.807) is 24.5 Å². The molecular formula is C25H25N7O. The van der Waals surface area contributed by atoms with Gasteiger partial charge >= 0.3 is 0 Å². The van der Waals surface area contributed by atoms with E-state index in [4.69, 9.17) is 0 Å². The number of hydrogen-bond acceptors (Lipinski definition) is 7. The molecular weight excluding hydrogens is 414 g/mol. The zero-order chi connectivity index (χ0) is 23.0. The summed E-state index contributed by atoms with van der Waals surface area (Å²) >= 11 is 0. The molecule has 0 unspecified atom stereocenters. The molecule has 2 N–H and O–H groups in total. The monoisotopic (exact) mass is 439 g/mol. The molecule has 8 nitrogen and oxygen atoms in total. The van der Waals surface area contributed by atoms with Gasteiger partial charge in [-0.3, -0.25) is 9.78 Å². The minimum absolute atomic E-state index is 0.237. The van der Waals surface area contributed by atoms with Crippen molar-refractivity contribution in [2.75, 3.05) is 31.3 Å². The van der Waals surface area contributed by atoms with E-state index in [-0.39, 0.29) is 5.91 Å². The van der Waals surface area contributed by atoms with Crippen LogP contribution in [-0.4, -0.2) is 51.4 Å². The summed E-state index contributed by atoms with van der Waals surface area (Å²) in [5, 5.41) is 6.89. The van der Waals surface area contributed by atoms with Crippen LogP contribution in [-0.2, 0) is 11.2 Å². The molecule has 33 heavy (non-hydrogen) atoms. The van der Waals surface area contributed by atoms with Crippen molar-refractivity contribution in [1.29, 1.82) is 0 Å². The highest BCUT2D eigenvalue weighted by atomic mass is 16.1. The van der Waals surface area contributed by atoms with E-state index < -0.39 is 0 Å². The van der Waals surface area contributed by atoms with Crippen LogP contribution in [0.4, 0.5) is 17.3 Å². The molecule has 4 aromatic rings. The molecule has 0 saturated heterocycles. The normalized spacial score (nSPS) is 11.2. The third-order valence-corrected chi connectivity index (χ3v) is 4.84. The average Bonchev–Trinajstić information content (AvgIpc) is 2.81. The maximum atomic E-state index is 12.2. The lowest BCUT2D eigenvalue weighted by Gasteiger charge is -2.10. The third kappa shape index (κ3) is 6.18. The molecule has 0 spiro atoms. The van der Waals surface area contributed by atoms with Gasteiger partial charge < -0.3 is 15.5 Å². The highest BCUT2D eigenvalue weighted by Crippen LogP contribution is 2.25. The number of carbonyl (C=O) groups is 1. The van der Waals surface area contributed by atoms with Crippen molar-refractivity contribution in [3.63, 3.8) is 0 Å². The molecule has 4 rings (SSSR count). The molecule has 0 saturated carbocycles. The number of carbonyl (C=O) groups excluding carboxylic acids is 1. The second-order valence-electron chi connectivity index (χ2n) is 7.78. The number of likely N-dealkylation sites (N-methyl/N-ethyl adjacent to an activating group) is 1. The summed E-state index contributed by atoms with van der Waals surface area (Å²) in [5.41, 5.74) is 3.77. The molecule has 0 radical (unpaired) electrons. The Morgan fingerprint density at radius 1 is 1.03 bits per heavy atom. The molecule has 0 aliphatic rings. The minimum Gasteiger partial charge on any atom is -0.340 e. The van der Waals surface area contributed by atoms with Gasteiger partial charge in [0.1, 0.15) is 18.0 Å². The lowest BCUT2D eigenvalue weighted by molar-refractivity contribution is -0.111. The highest BCUT2D eigenvalue weighted by molar-refractivity contribution is 6.00. The Hall–Kier alpha value is -4.17. The predicted octanol–water partition coefficient (Wildman–Crippen LogP) is 3.81. The highest BCUT2D eigenvalue weighted by Gasteiger charge is 2.08. The number of rotatable bonds is 8.